The number of hydrogen-bond acceptors (Lipinski definition) is 5. The third-order valence-corrected chi connectivity index (χ3v) is 6.76. The fourth-order valence-corrected chi connectivity index (χ4v) is 5.28. The highest BCUT2D eigenvalue weighted by molar-refractivity contribution is 9.11. The van der Waals surface area contributed by atoms with Gasteiger partial charge in [0.15, 0.2) is 5.96 Å². The van der Waals surface area contributed by atoms with Gasteiger partial charge in [-0.2, -0.15) is 5.26 Å². The molecular formula is C18H16BrFN4OS. The average molecular weight is 435 g/mol. The lowest BCUT2D eigenvalue weighted by Gasteiger charge is -2.33. The molecule has 26 heavy (non-hydrogen) atoms. The third-order valence-electron chi connectivity index (χ3n) is 4.54. The maximum atomic E-state index is 13.7. The number of amides is 1. The summed E-state index contributed by atoms with van der Waals surface area (Å²) in [5.41, 5.74) is 7.66. The molecule has 0 aliphatic carbocycles. The van der Waals surface area contributed by atoms with E-state index in [2.05, 4.69) is 20.9 Å². The Balaban J connectivity index is 2.16. The normalized spacial score (nSPS) is 20.1. The number of rotatable bonds is 2. The molecule has 2 N–H and O–H groups in total. The van der Waals surface area contributed by atoms with Gasteiger partial charge in [-0.05, 0) is 53.0 Å². The zero-order valence-corrected chi connectivity index (χ0v) is 16.8. The maximum absolute atomic E-state index is 13.7. The van der Waals surface area contributed by atoms with Crippen molar-refractivity contribution in [3.8, 4) is 17.2 Å². The second-order valence-corrected chi connectivity index (χ2v) is 8.72. The first kappa shape index (κ1) is 18.5. The Bertz CT molecular complexity index is 994. The van der Waals surface area contributed by atoms with E-state index >= 15 is 0 Å². The molecule has 0 saturated carbocycles. The number of guanidine groups is 1. The number of carbonyl (C=O) groups is 1. The molecule has 5 nitrogen and oxygen atoms in total. The molecule has 1 amide bonds. The molecule has 2 heterocycles. The molecule has 1 aliphatic heterocycles. The first-order chi connectivity index (χ1) is 12.2. The zero-order valence-electron chi connectivity index (χ0n) is 14.4. The van der Waals surface area contributed by atoms with Crippen LogP contribution >= 0.6 is 27.3 Å². The summed E-state index contributed by atoms with van der Waals surface area (Å²) in [6.45, 7) is 3.81. The monoisotopic (exact) mass is 434 g/mol. The SMILES string of the molecule is Cc1c([C@]2(C)CC(=O)N(C)C(N)=N2)sc(Br)c1-c1ccc(F)c(C#N)c1. The first-order valence-electron chi connectivity index (χ1n) is 7.79. The van der Waals surface area contributed by atoms with E-state index in [1.165, 1.54) is 28.4 Å². The van der Waals surface area contributed by atoms with E-state index in [-0.39, 0.29) is 23.9 Å². The predicted molar refractivity (Wildman–Crippen MR) is 103 cm³/mol. The fourth-order valence-electron chi connectivity index (χ4n) is 3.13. The van der Waals surface area contributed by atoms with Crippen molar-refractivity contribution in [2.75, 3.05) is 7.05 Å². The van der Waals surface area contributed by atoms with Crippen molar-refractivity contribution < 1.29 is 9.18 Å². The van der Waals surface area contributed by atoms with Crippen LogP contribution in [-0.2, 0) is 10.3 Å². The predicted octanol–water partition coefficient (Wildman–Crippen LogP) is 3.89. The van der Waals surface area contributed by atoms with Gasteiger partial charge in [-0.3, -0.25) is 9.69 Å². The summed E-state index contributed by atoms with van der Waals surface area (Å²) < 4.78 is 14.5. The Morgan fingerprint density at radius 1 is 1.50 bits per heavy atom. The smallest absolute Gasteiger partial charge is 0.231 e. The lowest BCUT2D eigenvalue weighted by molar-refractivity contribution is -0.128. The summed E-state index contributed by atoms with van der Waals surface area (Å²) in [4.78, 5) is 19.1. The van der Waals surface area contributed by atoms with Gasteiger partial charge in [-0.25, -0.2) is 9.38 Å². The first-order valence-corrected chi connectivity index (χ1v) is 9.40. The summed E-state index contributed by atoms with van der Waals surface area (Å²) in [6.07, 6.45) is 0.213. The van der Waals surface area contributed by atoms with Gasteiger partial charge in [-0.1, -0.05) is 6.07 Å². The van der Waals surface area contributed by atoms with Crippen LogP contribution in [0.2, 0.25) is 0 Å². The summed E-state index contributed by atoms with van der Waals surface area (Å²) >= 11 is 5.04. The minimum atomic E-state index is -0.763. The number of nitrogens with two attached hydrogens (primary N) is 1. The van der Waals surface area contributed by atoms with Crippen LogP contribution in [0, 0.1) is 24.1 Å². The number of aliphatic imine (C=N–C) groups is 1. The Labute approximate surface area is 163 Å². The number of thiophene rings is 1. The molecule has 0 bridgehead atoms. The number of hydrogen-bond donors (Lipinski definition) is 1. The highest BCUT2D eigenvalue weighted by Crippen LogP contribution is 2.47. The van der Waals surface area contributed by atoms with Crippen molar-refractivity contribution in [1.29, 1.82) is 5.26 Å². The number of halogens is 2. The molecule has 0 fully saturated rings. The number of benzene rings is 1. The van der Waals surface area contributed by atoms with Crippen molar-refractivity contribution in [1.82, 2.24) is 4.90 Å². The van der Waals surface area contributed by atoms with Gasteiger partial charge in [0.05, 0.1) is 15.8 Å². The summed E-state index contributed by atoms with van der Waals surface area (Å²) in [5, 5.41) is 9.09. The van der Waals surface area contributed by atoms with Crippen molar-refractivity contribution in [2.45, 2.75) is 25.8 Å². The summed E-state index contributed by atoms with van der Waals surface area (Å²) in [5.74, 6) is -0.465. The lowest BCUT2D eigenvalue weighted by Crippen LogP contribution is -2.47. The third kappa shape index (κ3) is 2.91. The van der Waals surface area contributed by atoms with Crippen LogP contribution < -0.4 is 5.73 Å². The van der Waals surface area contributed by atoms with Gasteiger partial charge in [0.25, 0.3) is 0 Å². The van der Waals surface area contributed by atoms with E-state index in [4.69, 9.17) is 11.0 Å². The largest absolute Gasteiger partial charge is 0.369 e. The Hall–Kier alpha value is -2.24. The lowest BCUT2D eigenvalue weighted by atomic mass is 9.90. The molecule has 3 rings (SSSR count). The van der Waals surface area contributed by atoms with Crippen molar-refractivity contribution in [2.24, 2.45) is 10.7 Å². The summed E-state index contributed by atoms with van der Waals surface area (Å²) in [7, 11) is 1.60. The molecule has 1 aromatic heterocycles. The van der Waals surface area contributed by atoms with Crippen LogP contribution in [0.25, 0.3) is 11.1 Å². The van der Waals surface area contributed by atoms with Crippen molar-refractivity contribution >= 4 is 39.1 Å². The molecule has 1 aromatic carbocycles. The van der Waals surface area contributed by atoms with E-state index in [1.54, 1.807) is 13.1 Å². The van der Waals surface area contributed by atoms with Gasteiger partial charge < -0.3 is 5.73 Å². The Kier molecular flexibility index (Phi) is 4.63. The fraction of sp³-hybridized carbons (Fsp3) is 0.278. The van der Waals surface area contributed by atoms with Crippen molar-refractivity contribution in [3.63, 3.8) is 0 Å². The van der Waals surface area contributed by atoms with E-state index in [0.29, 0.717) is 0 Å². The highest BCUT2D eigenvalue weighted by atomic mass is 79.9. The van der Waals surface area contributed by atoms with Gasteiger partial charge in [0.2, 0.25) is 5.91 Å². The molecule has 0 saturated heterocycles. The van der Waals surface area contributed by atoms with Crippen LogP contribution in [0.4, 0.5) is 4.39 Å². The van der Waals surface area contributed by atoms with Crippen LogP contribution in [0.15, 0.2) is 27.0 Å². The molecule has 1 atom stereocenters. The standard InChI is InChI=1S/C18H16BrFN4OS/c1-9-14(10-4-5-12(20)11(6-10)8-21)16(19)26-15(9)18(2)7-13(25)24(3)17(22)23-18/h4-6H,7H2,1-3H3,(H2,22,23)/t18-/m0/s1. The molecule has 1 aliphatic rings. The maximum Gasteiger partial charge on any atom is 0.231 e. The molecule has 0 unspecified atom stereocenters. The minimum Gasteiger partial charge on any atom is -0.369 e. The zero-order chi connectivity index (χ0) is 19.2. The van der Waals surface area contributed by atoms with Crippen LogP contribution in [0.3, 0.4) is 0 Å². The van der Waals surface area contributed by atoms with Crippen LogP contribution in [0.1, 0.15) is 29.3 Å². The van der Waals surface area contributed by atoms with E-state index in [9.17, 15) is 9.18 Å². The highest BCUT2D eigenvalue weighted by Gasteiger charge is 2.39. The number of nitrogens with zero attached hydrogens (tertiary/aromatic N) is 3. The van der Waals surface area contributed by atoms with Crippen molar-refractivity contribution in [3.05, 3.63) is 43.8 Å². The molecule has 0 radical (unpaired) electrons. The van der Waals surface area contributed by atoms with Gasteiger partial charge >= 0.3 is 0 Å². The van der Waals surface area contributed by atoms with Gasteiger partial charge in [-0.15, -0.1) is 11.3 Å². The molecule has 0 spiro atoms. The second kappa shape index (κ2) is 6.49. The Morgan fingerprint density at radius 3 is 2.81 bits per heavy atom. The van der Waals surface area contributed by atoms with E-state index in [1.807, 2.05) is 19.9 Å². The molecule has 8 heteroatoms. The summed E-state index contributed by atoms with van der Waals surface area (Å²) in [6, 6.07) is 6.31. The second-order valence-electron chi connectivity index (χ2n) is 6.38. The number of carbonyl (C=O) groups excluding carboxylic acids is 1. The molecule has 134 valence electrons. The van der Waals surface area contributed by atoms with Crippen LogP contribution in [0.5, 0.6) is 0 Å². The molecular weight excluding hydrogens is 419 g/mol. The topological polar surface area (TPSA) is 82.5 Å². The Morgan fingerprint density at radius 2 is 2.19 bits per heavy atom. The van der Waals surface area contributed by atoms with Gasteiger partial charge in [0, 0.05) is 17.5 Å². The van der Waals surface area contributed by atoms with E-state index < -0.39 is 11.4 Å². The van der Waals surface area contributed by atoms with Gasteiger partial charge in [0.1, 0.15) is 17.4 Å². The van der Waals surface area contributed by atoms with E-state index in [0.717, 1.165) is 25.4 Å². The average Bonchev–Trinajstić information content (AvgIpc) is 2.89. The number of nitriles is 1. The molecule has 2 aromatic rings. The minimum absolute atomic E-state index is 0.00973. The van der Waals surface area contributed by atoms with Crippen LogP contribution in [-0.4, -0.2) is 23.8 Å². The quantitative estimate of drug-likeness (QED) is 0.777.